The van der Waals surface area contributed by atoms with E-state index < -0.39 is 12.5 Å². The smallest absolute Gasteiger partial charge is 0.323 e. The largest absolute Gasteiger partial charge is 0.480 e. The number of thioether (sulfide) groups is 1. The van der Waals surface area contributed by atoms with E-state index in [0.717, 1.165) is 40.0 Å². The maximum Gasteiger partial charge on any atom is 0.323 e. The highest BCUT2D eigenvalue weighted by Crippen LogP contribution is 2.33. The fraction of sp³-hybridized carbons (Fsp3) is 0.167. The highest BCUT2D eigenvalue weighted by Gasteiger charge is 2.33. The Morgan fingerprint density at radius 2 is 2.08 bits per heavy atom. The summed E-state index contributed by atoms with van der Waals surface area (Å²) >= 11 is 6.24. The number of carbonyl (C=O) groups is 2. The number of carboxylic acid groups (broad SMARTS) is 1. The molecule has 1 aromatic rings. The summed E-state index contributed by atoms with van der Waals surface area (Å²) in [5.74, 6) is -1.45. The number of carboxylic acids is 1. The Morgan fingerprint density at radius 3 is 2.80 bits per heavy atom. The molecule has 1 saturated heterocycles. The van der Waals surface area contributed by atoms with Gasteiger partial charge in [-0.05, 0) is 30.7 Å². The van der Waals surface area contributed by atoms with Crippen LogP contribution in [-0.2, 0) is 9.59 Å². The number of amides is 1. The molecule has 0 aliphatic carbocycles. The van der Waals surface area contributed by atoms with Crippen LogP contribution >= 0.6 is 24.0 Å². The molecule has 7 heteroatoms. The lowest BCUT2D eigenvalue weighted by molar-refractivity contribution is -0.140. The van der Waals surface area contributed by atoms with Gasteiger partial charge >= 0.3 is 5.97 Å². The van der Waals surface area contributed by atoms with E-state index >= 15 is 0 Å². The molecule has 3 rings (SSSR count). The van der Waals surface area contributed by atoms with Gasteiger partial charge in [-0.3, -0.25) is 14.5 Å². The Kier molecular flexibility index (Phi) is 5.06. The van der Waals surface area contributed by atoms with E-state index in [2.05, 4.69) is 17.9 Å². The number of benzene rings is 1. The standard InChI is InChI=1S/C18H16N2O3S2/c1-2-19-10-9-12-5-3-4-6-13(12)14(19)7-8-15-17(23)20(11-16(21)22)18(24)25-15/h3-10H,2,11H2,1H3,(H,21,22). The van der Waals surface area contributed by atoms with Gasteiger partial charge in [0.2, 0.25) is 0 Å². The topological polar surface area (TPSA) is 60.9 Å². The van der Waals surface area contributed by atoms with Crippen LogP contribution in [0, 0.1) is 0 Å². The first-order valence-corrected chi connectivity index (χ1v) is 8.95. The minimum absolute atomic E-state index is 0.272. The van der Waals surface area contributed by atoms with Gasteiger partial charge in [-0.25, -0.2) is 0 Å². The summed E-state index contributed by atoms with van der Waals surface area (Å²) in [5.41, 5.74) is 3.19. The minimum atomic E-state index is -1.08. The highest BCUT2D eigenvalue weighted by molar-refractivity contribution is 8.26. The molecule has 0 unspecified atom stereocenters. The van der Waals surface area contributed by atoms with Crippen LogP contribution in [0.4, 0.5) is 0 Å². The maximum atomic E-state index is 12.3. The van der Waals surface area contributed by atoms with Gasteiger partial charge in [0.1, 0.15) is 10.9 Å². The minimum Gasteiger partial charge on any atom is -0.480 e. The average molecular weight is 372 g/mol. The first-order chi connectivity index (χ1) is 12.0. The summed E-state index contributed by atoms with van der Waals surface area (Å²) in [4.78, 5) is 26.9. The zero-order chi connectivity index (χ0) is 18.0. The second kappa shape index (κ2) is 7.25. The first kappa shape index (κ1) is 17.4. The lowest BCUT2D eigenvalue weighted by atomic mass is 10.00. The average Bonchev–Trinajstić information content (AvgIpc) is 2.86. The van der Waals surface area contributed by atoms with E-state index in [1.54, 1.807) is 6.08 Å². The maximum absolute atomic E-state index is 12.3. The SMILES string of the molecule is CCN1C=Cc2ccccc2C1=CC=C1SC(=S)N(CC(=O)O)C1=O. The molecule has 0 aromatic heterocycles. The summed E-state index contributed by atoms with van der Waals surface area (Å²) in [6.45, 7) is 2.44. The molecule has 0 saturated carbocycles. The van der Waals surface area contributed by atoms with E-state index in [0.29, 0.717) is 4.91 Å². The molecule has 2 aliphatic rings. The number of hydrogen-bond donors (Lipinski definition) is 1. The normalized spacial score (nSPS) is 19.9. The van der Waals surface area contributed by atoms with Gasteiger partial charge in [0.15, 0.2) is 0 Å². The molecule has 0 bridgehead atoms. The van der Waals surface area contributed by atoms with Crippen LogP contribution in [0.5, 0.6) is 0 Å². The fourth-order valence-electron chi connectivity index (χ4n) is 2.68. The molecule has 0 radical (unpaired) electrons. The summed E-state index contributed by atoms with van der Waals surface area (Å²) in [6, 6.07) is 8.04. The third-order valence-corrected chi connectivity index (χ3v) is 5.28. The number of thiocarbonyl (C=S) groups is 1. The van der Waals surface area contributed by atoms with E-state index in [-0.39, 0.29) is 10.2 Å². The van der Waals surface area contributed by atoms with E-state index in [4.69, 9.17) is 17.3 Å². The van der Waals surface area contributed by atoms with Gasteiger partial charge in [0, 0.05) is 24.0 Å². The van der Waals surface area contributed by atoms with Crippen LogP contribution in [0.3, 0.4) is 0 Å². The summed E-state index contributed by atoms with van der Waals surface area (Å²) < 4.78 is 0.272. The van der Waals surface area contributed by atoms with Gasteiger partial charge in [0.05, 0.1) is 4.91 Å². The highest BCUT2D eigenvalue weighted by atomic mass is 32.2. The second-order valence-electron chi connectivity index (χ2n) is 5.42. The van der Waals surface area contributed by atoms with Crippen LogP contribution in [0.2, 0.25) is 0 Å². The van der Waals surface area contributed by atoms with Gasteiger partial charge in [0.25, 0.3) is 5.91 Å². The lowest BCUT2D eigenvalue weighted by Gasteiger charge is -2.27. The monoisotopic (exact) mass is 372 g/mol. The molecule has 128 valence electrons. The van der Waals surface area contributed by atoms with Gasteiger partial charge in [-0.1, -0.05) is 48.2 Å². The molecule has 0 spiro atoms. The predicted molar refractivity (Wildman–Crippen MR) is 103 cm³/mol. The van der Waals surface area contributed by atoms with Crippen LogP contribution in [-0.4, -0.2) is 44.2 Å². The molecule has 25 heavy (non-hydrogen) atoms. The fourth-order valence-corrected chi connectivity index (χ4v) is 3.88. The first-order valence-electron chi connectivity index (χ1n) is 7.73. The van der Waals surface area contributed by atoms with Crippen molar-refractivity contribution in [2.24, 2.45) is 0 Å². The van der Waals surface area contributed by atoms with Crippen molar-refractivity contribution >= 4 is 51.9 Å². The molecular formula is C18H16N2O3S2. The quantitative estimate of drug-likeness (QED) is 0.647. The van der Waals surface area contributed by atoms with Crippen LogP contribution < -0.4 is 0 Å². The number of rotatable bonds is 4. The van der Waals surface area contributed by atoms with Crippen molar-refractivity contribution in [3.8, 4) is 0 Å². The molecule has 1 N–H and O–H groups in total. The van der Waals surface area contributed by atoms with Crippen molar-refractivity contribution in [3.05, 3.63) is 58.6 Å². The predicted octanol–water partition coefficient (Wildman–Crippen LogP) is 3.16. The number of carbonyl (C=O) groups excluding carboxylic acids is 1. The van der Waals surface area contributed by atoms with Crippen molar-refractivity contribution in [3.63, 3.8) is 0 Å². The number of nitrogens with zero attached hydrogens (tertiary/aromatic N) is 2. The third-order valence-electron chi connectivity index (χ3n) is 3.88. The number of allylic oxidation sites excluding steroid dienone is 2. The molecule has 5 nitrogen and oxygen atoms in total. The molecule has 1 aromatic carbocycles. The van der Waals surface area contributed by atoms with Crippen LogP contribution in [0.15, 0.2) is 47.5 Å². The van der Waals surface area contributed by atoms with Gasteiger partial charge < -0.3 is 10.0 Å². The molecule has 2 heterocycles. The van der Waals surface area contributed by atoms with Crippen molar-refractivity contribution in [1.29, 1.82) is 0 Å². The third kappa shape index (κ3) is 3.52. The molecule has 0 atom stereocenters. The van der Waals surface area contributed by atoms with Crippen LogP contribution in [0.25, 0.3) is 11.8 Å². The molecule has 2 aliphatic heterocycles. The van der Waals surface area contributed by atoms with E-state index in [9.17, 15) is 9.59 Å². The number of aliphatic carboxylic acids is 1. The lowest BCUT2D eigenvalue weighted by Crippen LogP contribution is -2.33. The Bertz CT molecular complexity index is 842. The number of fused-ring (bicyclic) bond motifs is 1. The van der Waals surface area contributed by atoms with Gasteiger partial charge in [-0.2, -0.15) is 0 Å². The van der Waals surface area contributed by atoms with E-state index in [1.165, 1.54) is 0 Å². The summed E-state index contributed by atoms with van der Waals surface area (Å²) in [6.07, 6.45) is 7.67. The van der Waals surface area contributed by atoms with Crippen molar-refractivity contribution in [1.82, 2.24) is 9.80 Å². The summed E-state index contributed by atoms with van der Waals surface area (Å²) in [5, 5.41) is 8.90. The summed E-state index contributed by atoms with van der Waals surface area (Å²) in [7, 11) is 0. The zero-order valence-corrected chi connectivity index (χ0v) is 15.1. The molecule has 1 amide bonds. The Morgan fingerprint density at radius 1 is 1.32 bits per heavy atom. The second-order valence-corrected chi connectivity index (χ2v) is 7.10. The Labute approximate surface area is 155 Å². The van der Waals surface area contributed by atoms with Crippen molar-refractivity contribution in [2.75, 3.05) is 13.1 Å². The van der Waals surface area contributed by atoms with E-state index in [1.807, 2.05) is 36.5 Å². The molecular weight excluding hydrogens is 356 g/mol. The Balaban J connectivity index is 1.93. The Hall–Kier alpha value is -2.38. The zero-order valence-electron chi connectivity index (χ0n) is 13.5. The molecule has 1 fully saturated rings. The van der Waals surface area contributed by atoms with Crippen molar-refractivity contribution in [2.45, 2.75) is 6.92 Å². The van der Waals surface area contributed by atoms with Gasteiger partial charge in [-0.15, -0.1) is 0 Å². The van der Waals surface area contributed by atoms with Crippen LogP contribution in [0.1, 0.15) is 18.1 Å². The number of hydrogen-bond acceptors (Lipinski definition) is 5. The van der Waals surface area contributed by atoms with Crippen molar-refractivity contribution < 1.29 is 14.7 Å².